The lowest BCUT2D eigenvalue weighted by atomic mass is 9.85. The molecule has 1 fully saturated rings. The summed E-state index contributed by atoms with van der Waals surface area (Å²) in [6.45, 7) is 4.95. The number of carbonyl (C=O) groups is 1. The summed E-state index contributed by atoms with van der Waals surface area (Å²) in [4.78, 5) is 11.9. The molecule has 0 radical (unpaired) electrons. The summed E-state index contributed by atoms with van der Waals surface area (Å²) in [5.74, 6) is 0.677. The topological polar surface area (TPSA) is 55.1 Å². The smallest absolute Gasteiger partial charge is 0.236 e. The highest BCUT2D eigenvalue weighted by molar-refractivity contribution is 7.99. The largest absolute Gasteiger partial charge is 0.353 e. The molecule has 1 amide bonds. The van der Waals surface area contributed by atoms with E-state index in [1.54, 1.807) is 11.8 Å². The zero-order chi connectivity index (χ0) is 13.6. The van der Waals surface area contributed by atoms with Gasteiger partial charge in [-0.15, -0.1) is 0 Å². The van der Waals surface area contributed by atoms with E-state index in [9.17, 15) is 4.79 Å². The van der Waals surface area contributed by atoms with Crippen LogP contribution in [0.15, 0.2) is 0 Å². The van der Waals surface area contributed by atoms with Crippen molar-refractivity contribution in [2.45, 2.75) is 63.2 Å². The molecule has 4 heteroatoms. The van der Waals surface area contributed by atoms with Crippen molar-refractivity contribution in [3.8, 4) is 0 Å². The number of nitrogens with two attached hydrogens (primary N) is 1. The molecule has 0 aromatic heterocycles. The Labute approximate surface area is 116 Å². The molecule has 3 nitrogen and oxygen atoms in total. The zero-order valence-corrected chi connectivity index (χ0v) is 12.8. The maximum Gasteiger partial charge on any atom is 0.236 e. The van der Waals surface area contributed by atoms with Crippen molar-refractivity contribution in [1.29, 1.82) is 0 Å². The van der Waals surface area contributed by atoms with Crippen molar-refractivity contribution in [3.63, 3.8) is 0 Å². The van der Waals surface area contributed by atoms with Gasteiger partial charge in [0, 0.05) is 11.3 Å². The fourth-order valence-corrected chi connectivity index (χ4v) is 2.61. The van der Waals surface area contributed by atoms with Crippen LogP contribution in [0.25, 0.3) is 0 Å². The number of nitrogens with one attached hydrogen (secondary N) is 1. The van der Waals surface area contributed by atoms with Crippen LogP contribution in [0.2, 0.25) is 0 Å². The van der Waals surface area contributed by atoms with E-state index in [1.807, 2.05) is 0 Å². The molecule has 1 aliphatic carbocycles. The maximum absolute atomic E-state index is 11.9. The van der Waals surface area contributed by atoms with Gasteiger partial charge in [0.25, 0.3) is 0 Å². The summed E-state index contributed by atoms with van der Waals surface area (Å²) in [5.41, 5.74) is 6.00. The number of thioether (sulfide) groups is 1. The lowest BCUT2D eigenvalue weighted by molar-refractivity contribution is -0.122. The molecule has 1 saturated carbocycles. The summed E-state index contributed by atoms with van der Waals surface area (Å²) in [6.07, 6.45) is 9.37. The van der Waals surface area contributed by atoms with E-state index in [0.717, 1.165) is 6.42 Å². The van der Waals surface area contributed by atoms with Crippen LogP contribution in [0, 0.1) is 5.92 Å². The first kappa shape index (κ1) is 15.8. The van der Waals surface area contributed by atoms with Gasteiger partial charge < -0.3 is 11.1 Å². The molecule has 3 N–H and O–H groups in total. The van der Waals surface area contributed by atoms with Gasteiger partial charge in [0.1, 0.15) is 0 Å². The summed E-state index contributed by atoms with van der Waals surface area (Å²) in [5, 5.41) is 2.98. The van der Waals surface area contributed by atoms with Crippen LogP contribution in [-0.4, -0.2) is 29.5 Å². The molecule has 1 unspecified atom stereocenters. The standard InChI is InChI=1S/C14H28N2OS/c1-14(2,18-3)10-16-13(17)12(15)9-11-7-5-4-6-8-11/h11-12H,4-10,15H2,1-3H3,(H,16,17). The molecule has 0 bridgehead atoms. The SMILES string of the molecule is CSC(C)(C)CNC(=O)C(N)CC1CCCCC1. The molecule has 0 aromatic rings. The van der Waals surface area contributed by atoms with Gasteiger partial charge >= 0.3 is 0 Å². The van der Waals surface area contributed by atoms with Gasteiger partial charge in [0.15, 0.2) is 0 Å². The third-order valence-corrected chi connectivity index (χ3v) is 5.14. The van der Waals surface area contributed by atoms with Crippen LogP contribution >= 0.6 is 11.8 Å². The molecule has 18 heavy (non-hydrogen) atoms. The van der Waals surface area contributed by atoms with Gasteiger partial charge in [0.05, 0.1) is 6.04 Å². The van der Waals surface area contributed by atoms with Gasteiger partial charge in [-0.05, 0) is 32.4 Å². The number of hydrogen-bond acceptors (Lipinski definition) is 3. The fourth-order valence-electron chi connectivity index (χ4n) is 2.39. The first-order valence-electron chi connectivity index (χ1n) is 7.03. The molecule has 1 rings (SSSR count). The van der Waals surface area contributed by atoms with E-state index in [1.165, 1.54) is 32.1 Å². The van der Waals surface area contributed by atoms with Crippen LogP contribution < -0.4 is 11.1 Å². The number of amides is 1. The Kier molecular flexibility index (Phi) is 6.50. The first-order valence-corrected chi connectivity index (χ1v) is 8.25. The van der Waals surface area contributed by atoms with E-state index in [4.69, 9.17) is 5.73 Å². The molecule has 0 aromatic carbocycles. The number of hydrogen-bond donors (Lipinski definition) is 2. The Morgan fingerprint density at radius 1 is 1.39 bits per heavy atom. The average Bonchev–Trinajstić information content (AvgIpc) is 2.37. The summed E-state index contributed by atoms with van der Waals surface area (Å²) in [7, 11) is 0. The average molecular weight is 272 g/mol. The highest BCUT2D eigenvalue weighted by atomic mass is 32.2. The van der Waals surface area contributed by atoms with Crippen molar-refractivity contribution < 1.29 is 4.79 Å². The van der Waals surface area contributed by atoms with Crippen molar-refractivity contribution in [2.75, 3.05) is 12.8 Å². The number of rotatable bonds is 6. The van der Waals surface area contributed by atoms with Crippen molar-refractivity contribution in [1.82, 2.24) is 5.32 Å². The van der Waals surface area contributed by atoms with Gasteiger partial charge in [-0.2, -0.15) is 11.8 Å². The van der Waals surface area contributed by atoms with Gasteiger partial charge in [-0.3, -0.25) is 4.79 Å². The Morgan fingerprint density at radius 3 is 2.56 bits per heavy atom. The van der Waals surface area contributed by atoms with Gasteiger partial charge in [0.2, 0.25) is 5.91 Å². The second-order valence-electron chi connectivity index (χ2n) is 6.03. The summed E-state index contributed by atoms with van der Waals surface area (Å²) < 4.78 is 0.0836. The van der Waals surface area contributed by atoms with Crippen molar-refractivity contribution >= 4 is 17.7 Å². The second-order valence-corrected chi connectivity index (χ2v) is 7.54. The van der Waals surface area contributed by atoms with E-state index >= 15 is 0 Å². The minimum absolute atomic E-state index is 0.0164. The van der Waals surface area contributed by atoms with Crippen LogP contribution in [0.5, 0.6) is 0 Å². The second kappa shape index (κ2) is 7.39. The molecule has 0 heterocycles. The number of carbonyl (C=O) groups excluding carboxylic acids is 1. The molecule has 0 spiro atoms. The molecule has 0 aliphatic heterocycles. The van der Waals surface area contributed by atoms with E-state index in [-0.39, 0.29) is 16.7 Å². The highest BCUT2D eigenvalue weighted by Gasteiger charge is 2.23. The van der Waals surface area contributed by atoms with Crippen molar-refractivity contribution in [3.05, 3.63) is 0 Å². The molecule has 0 saturated heterocycles. The summed E-state index contributed by atoms with van der Waals surface area (Å²) >= 11 is 1.76. The lowest BCUT2D eigenvalue weighted by Gasteiger charge is -2.26. The predicted octanol–water partition coefficient (Wildman–Crippen LogP) is 2.54. The third-order valence-electron chi connectivity index (χ3n) is 3.89. The lowest BCUT2D eigenvalue weighted by Crippen LogP contribution is -2.45. The third kappa shape index (κ3) is 5.61. The quantitative estimate of drug-likeness (QED) is 0.781. The Morgan fingerprint density at radius 2 is 2.00 bits per heavy atom. The van der Waals surface area contributed by atoms with Crippen LogP contribution in [0.4, 0.5) is 0 Å². The van der Waals surface area contributed by atoms with Crippen LogP contribution in [0.1, 0.15) is 52.4 Å². The van der Waals surface area contributed by atoms with Gasteiger partial charge in [-0.25, -0.2) is 0 Å². The molecular weight excluding hydrogens is 244 g/mol. The first-order chi connectivity index (χ1) is 8.44. The van der Waals surface area contributed by atoms with Crippen LogP contribution in [-0.2, 0) is 4.79 Å². The normalized spacial score (nSPS) is 19.6. The minimum atomic E-state index is -0.328. The van der Waals surface area contributed by atoms with Crippen LogP contribution in [0.3, 0.4) is 0 Å². The van der Waals surface area contributed by atoms with E-state index < -0.39 is 0 Å². The van der Waals surface area contributed by atoms with E-state index in [0.29, 0.717) is 12.5 Å². The minimum Gasteiger partial charge on any atom is -0.353 e. The van der Waals surface area contributed by atoms with E-state index in [2.05, 4.69) is 25.4 Å². The highest BCUT2D eigenvalue weighted by Crippen LogP contribution is 2.27. The Balaban J connectivity index is 2.27. The molecular formula is C14H28N2OS. The molecule has 106 valence electrons. The van der Waals surface area contributed by atoms with Crippen molar-refractivity contribution in [2.24, 2.45) is 11.7 Å². The monoisotopic (exact) mass is 272 g/mol. The Hall–Kier alpha value is -0.220. The molecule has 1 atom stereocenters. The fraction of sp³-hybridized carbons (Fsp3) is 0.929. The maximum atomic E-state index is 11.9. The van der Waals surface area contributed by atoms with Gasteiger partial charge in [-0.1, -0.05) is 32.1 Å². The molecule has 1 aliphatic rings. The zero-order valence-electron chi connectivity index (χ0n) is 12.0. The predicted molar refractivity (Wildman–Crippen MR) is 79.8 cm³/mol. The Bertz CT molecular complexity index is 263. The summed E-state index contributed by atoms with van der Waals surface area (Å²) in [6, 6.07) is -0.328.